The highest BCUT2D eigenvalue weighted by Gasteiger charge is 2.08. The molecule has 0 fully saturated rings. The van der Waals surface area contributed by atoms with E-state index in [9.17, 15) is 0 Å². The van der Waals surface area contributed by atoms with Crippen molar-refractivity contribution in [3.05, 3.63) is 42.0 Å². The van der Waals surface area contributed by atoms with Crippen LogP contribution in [-0.2, 0) is 0 Å². The maximum atomic E-state index is 4.29. The molecule has 2 rings (SSSR count). The van der Waals surface area contributed by atoms with Crippen molar-refractivity contribution in [1.82, 2.24) is 15.1 Å². The third-order valence-electron chi connectivity index (χ3n) is 3.56. The highest BCUT2D eigenvalue weighted by Crippen LogP contribution is 2.22. The number of benzene rings is 1. The molecule has 21 heavy (non-hydrogen) atoms. The lowest BCUT2D eigenvalue weighted by molar-refractivity contribution is 0.321. The van der Waals surface area contributed by atoms with E-state index in [1.54, 1.807) is 0 Å². The number of anilines is 1. The fourth-order valence-electron chi connectivity index (χ4n) is 2.09. The summed E-state index contributed by atoms with van der Waals surface area (Å²) < 4.78 is 0. The van der Waals surface area contributed by atoms with Crippen molar-refractivity contribution < 1.29 is 0 Å². The maximum absolute atomic E-state index is 4.29. The van der Waals surface area contributed by atoms with E-state index in [1.165, 1.54) is 5.56 Å². The molecule has 0 spiro atoms. The molecule has 112 valence electrons. The highest BCUT2D eigenvalue weighted by molar-refractivity contribution is 5.60. The lowest BCUT2D eigenvalue weighted by Crippen LogP contribution is -2.16. The summed E-state index contributed by atoms with van der Waals surface area (Å²) in [5, 5.41) is 11.7. The molecule has 0 amide bonds. The van der Waals surface area contributed by atoms with Gasteiger partial charge in [0.05, 0.1) is 5.69 Å². The number of nitrogens with one attached hydrogen (secondary N) is 1. The number of hydrogen-bond donors (Lipinski definition) is 1. The summed E-state index contributed by atoms with van der Waals surface area (Å²) in [6.45, 7) is 6.36. The number of aromatic nitrogens is 2. The van der Waals surface area contributed by atoms with Gasteiger partial charge in [0.1, 0.15) is 5.82 Å². The van der Waals surface area contributed by atoms with Crippen molar-refractivity contribution in [3.8, 4) is 11.3 Å². The Kier molecular flexibility index (Phi) is 4.91. The van der Waals surface area contributed by atoms with E-state index < -0.39 is 0 Å². The van der Waals surface area contributed by atoms with Crippen molar-refractivity contribution in [1.29, 1.82) is 0 Å². The molecule has 0 bridgehead atoms. The van der Waals surface area contributed by atoms with Gasteiger partial charge in [-0.05, 0) is 52.6 Å². The quantitative estimate of drug-likeness (QED) is 0.911. The Morgan fingerprint density at radius 3 is 2.05 bits per heavy atom. The van der Waals surface area contributed by atoms with Crippen molar-refractivity contribution in [2.45, 2.75) is 32.9 Å². The molecule has 0 radical (unpaired) electrons. The second kappa shape index (κ2) is 6.68. The van der Waals surface area contributed by atoms with Gasteiger partial charge >= 0.3 is 0 Å². The van der Waals surface area contributed by atoms with E-state index >= 15 is 0 Å². The lowest BCUT2D eigenvalue weighted by atomic mass is 10.0. The van der Waals surface area contributed by atoms with Gasteiger partial charge in [0.2, 0.25) is 0 Å². The third kappa shape index (κ3) is 4.02. The van der Waals surface area contributed by atoms with E-state index in [0.717, 1.165) is 17.1 Å². The van der Waals surface area contributed by atoms with Crippen LogP contribution in [0.5, 0.6) is 0 Å². The van der Waals surface area contributed by atoms with Gasteiger partial charge < -0.3 is 10.2 Å². The molecule has 0 saturated carbocycles. The van der Waals surface area contributed by atoms with Crippen molar-refractivity contribution in [2.24, 2.45) is 0 Å². The minimum atomic E-state index is 0.358. The Morgan fingerprint density at radius 2 is 1.57 bits per heavy atom. The van der Waals surface area contributed by atoms with Crippen LogP contribution in [0.3, 0.4) is 0 Å². The van der Waals surface area contributed by atoms with Crippen LogP contribution in [-0.4, -0.2) is 35.2 Å². The molecule has 4 nitrogen and oxygen atoms in total. The molecule has 1 aromatic carbocycles. The van der Waals surface area contributed by atoms with Crippen LogP contribution >= 0.6 is 0 Å². The normalized spacial score (nSPS) is 12.7. The molecule has 0 unspecified atom stereocenters. The van der Waals surface area contributed by atoms with Gasteiger partial charge in [-0.3, -0.25) is 0 Å². The van der Waals surface area contributed by atoms with Gasteiger partial charge in [-0.2, -0.15) is 0 Å². The largest absolute Gasteiger partial charge is 0.366 e. The Labute approximate surface area is 127 Å². The SMILES string of the molecule is CC(C)Nc1ccc(-c2ccc([C@@H](C)N(C)C)cc2)nn1. The minimum absolute atomic E-state index is 0.358. The first-order valence-electron chi connectivity index (χ1n) is 7.34. The van der Waals surface area contributed by atoms with Crippen LogP contribution in [0.4, 0.5) is 5.82 Å². The zero-order chi connectivity index (χ0) is 15.4. The van der Waals surface area contributed by atoms with Gasteiger partial charge in [-0.15, -0.1) is 10.2 Å². The average molecular weight is 284 g/mol. The van der Waals surface area contributed by atoms with Crippen LogP contribution in [0, 0.1) is 0 Å². The van der Waals surface area contributed by atoms with E-state index in [1.807, 2.05) is 12.1 Å². The number of hydrogen-bond acceptors (Lipinski definition) is 4. The van der Waals surface area contributed by atoms with Crippen molar-refractivity contribution in [2.75, 3.05) is 19.4 Å². The molecular weight excluding hydrogens is 260 g/mol. The van der Waals surface area contributed by atoms with Gasteiger partial charge in [0.25, 0.3) is 0 Å². The predicted octanol–water partition coefficient (Wildman–Crippen LogP) is 3.59. The Morgan fingerprint density at radius 1 is 0.905 bits per heavy atom. The molecule has 1 N–H and O–H groups in total. The van der Waals surface area contributed by atoms with Gasteiger partial charge in [-0.25, -0.2) is 0 Å². The molecule has 1 atom stereocenters. The number of nitrogens with zero attached hydrogens (tertiary/aromatic N) is 3. The smallest absolute Gasteiger partial charge is 0.148 e. The molecular formula is C17H24N4. The highest BCUT2D eigenvalue weighted by atomic mass is 15.2. The monoisotopic (exact) mass is 284 g/mol. The molecule has 1 heterocycles. The maximum Gasteiger partial charge on any atom is 0.148 e. The fraction of sp³-hybridized carbons (Fsp3) is 0.412. The standard InChI is InChI=1S/C17H24N4/c1-12(2)18-17-11-10-16(19-20-17)15-8-6-14(7-9-15)13(3)21(4)5/h6-13H,1-5H3,(H,18,20)/t13-/m1/s1. The van der Waals surface area contributed by atoms with Gasteiger partial charge in [0, 0.05) is 17.6 Å². The minimum Gasteiger partial charge on any atom is -0.366 e. The first-order valence-corrected chi connectivity index (χ1v) is 7.34. The topological polar surface area (TPSA) is 41.0 Å². The Bertz CT molecular complexity index is 558. The molecule has 4 heteroatoms. The lowest BCUT2D eigenvalue weighted by Gasteiger charge is -2.20. The van der Waals surface area contributed by atoms with Crippen LogP contribution in [0.2, 0.25) is 0 Å². The summed E-state index contributed by atoms with van der Waals surface area (Å²) in [6, 6.07) is 13.3. The molecule has 2 aromatic rings. The zero-order valence-corrected chi connectivity index (χ0v) is 13.5. The van der Waals surface area contributed by atoms with Crippen LogP contribution in [0.15, 0.2) is 36.4 Å². The predicted molar refractivity (Wildman–Crippen MR) is 88.3 cm³/mol. The van der Waals surface area contributed by atoms with E-state index in [0.29, 0.717) is 12.1 Å². The average Bonchev–Trinajstić information content (AvgIpc) is 2.47. The molecule has 0 aliphatic rings. The Hall–Kier alpha value is -1.94. The molecule has 0 aliphatic heterocycles. The zero-order valence-electron chi connectivity index (χ0n) is 13.5. The van der Waals surface area contributed by atoms with E-state index in [4.69, 9.17) is 0 Å². The molecule has 0 aliphatic carbocycles. The van der Waals surface area contributed by atoms with Crippen molar-refractivity contribution >= 4 is 5.82 Å². The first kappa shape index (κ1) is 15.4. The summed E-state index contributed by atoms with van der Waals surface area (Å²) in [5.41, 5.74) is 3.29. The summed E-state index contributed by atoms with van der Waals surface area (Å²) in [6.07, 6.45) is 0. The van der Waals surface area contributed by atoms with Gasteiger partial charge in [-0.1, -0.05) is 24.3 Å². The van der Waals surface area contributed by atoms with Crippen LogP contribution in [0.1, 0.15) is 32.4 Å². The van der Waals surface area contributed by atoms with Crippen molar-refractivity contribution in [3.63, 3.8) is 0 Å². The summed E-state index contributed by atoms with van der Waals surface area (Å²) in [5.74, 6) is 0.812. The summed E-state index contributed by atoms with van der Waals surface area (Å²) in [4.78, 5) is 2.20. The molecule has 1 aromatic heterocycles. The van der Waals surface area contributed by atoms with Gasteiger partial charge in [0.15, 0.2) is 0 Å². The second-order valence-corrected chi connectivity index (χ2v) is 5.86. The summed E-state index contributed by atoms with van der Waals surface area (Å²) >= 11 is 0. The second-order valence-electron chi connectivity index (χ2n) is 5.86. The van der Waals surface area contributed by atoms with E-state index in [2.05, 4.69) is 79.5 Å². The fourth-order valence-corrected chi connectivity index (χ4v) is 2.09. The number of rotatable bonds is 5. The first-order chi connectivity index (χ1) is 9.97. The molecule has 0 saturated heterocycles. The third-order valence-corrected chi connectivity index (χ3v) is 3.56. The van der Waals surface area contributed by atoms with E-state index in [-0.39, 0.29) is 0 Å². The summed E-state index contributed by atoms with van der Waals surface area (Å²) in [7, 11) is 4.18. The van der Waals surface area contributed by atoms with Crippen LogP contribution in [0.25, 0.3) is 11.3 Å². The Balaban J connectivity index is 2.15. The van der Waals surface area contributed by atoms with Crippen LogP contribution < -0.4 is 5.32 Å².